The first-order chi connectivity index (χ1) is 6.89. The highest BCUT2D eigenvalue weighted by molar-refractivity contribution is 5.74. The maximum atomic E-state index is 10.8. The predicted molar refractivity (Wildman–Crippen MR) is 60.1 cm³/mol. The van der Waals surface area contributed by atoms with E-state index in [4.69, 9.17) is 5.73 Å². The summed E-state index contributed by atoms with van der Waals surface area (Å²) in [4.78, 5) is 10.8. The number of carbonyl (C=O) groups is 1. The summed E-state index contributed by atoms with van der Waals surface area (Å²) in [6.45, 7) is 4.70. The van der Waals surface area contributed by atoms with Crippen LogP contribution in [-0.2, 0) is 18.4 Å². The van der Waals surface area contributed by atoms with Gasteiger partial charge in [0.25, 0.3) is 0 Å². The largest absolute Gasteiger partial charge is 0.370 e. The number of nitrogens with zero attached hydrogens (tertiary/aromatic N) is 1. The second-order valence-corrected chi connectivity index (χ2v) is 4.57. The van der Waals surface area contributed by atoms with E-state index in [1.807, 2.05) is 43.9 Å². The summed E-state index contributed by atoms with van der Waals surface area (Å²) in [5.74, 6) is -0.277. The number of rotatable bonds is 5. The molecule has 1 rings (SSSR count). The van der Waals surface area contributed by atoms with Crippen LogP contribution in [0.15, 0.2) is 18.5 Å². The van der Waals surface area contributed by atoms with Gasteiger partial charge in [-0.3, -0.25) is 4.79 Å². The number of carbonyl (C=O) groups excluding carboxylic acids is 1. The molecule has 1 amide bonds. The molecule has 84 valence electrons. The first-order valence-electron chi connectivity index (χ1n) is 5.03. The van der Waals surface area contributed by atoms with E-state index in [2.05, 4.69) is 5.32 Å². The summed E-state index contributed by atoms with van der Waals surface area (Å²) in [6.07, 6.45) is 4.39. The molecular formula is C11H19N3O. The average Bonchev–Trinajstić information content (AvgIpc) is 2.46. The lowest BCUT2D eigenvalue weighted by atomic mass is 10.00. The Balaban J connectivity index is 2.45. The van der Waals surface area contributed by atoms with Crippen LogP contribution in [0.5, 0.6) is 0 Å². The van der Waals surface area contributed by atoms with Gasteiger partial charge in [-0.15, -0.1) is 0 Å². The Bertz CT molecular complexity index is 341. The van der Waals surface area contributed by atoms with Crippen molar-refractivity contribution in [2.45, 2.75) is 32.4 Å². The Kier molecular flexibility index (Phi) is 3.52. The number of nitrogens with one attached hydrogen (secondary N) is 1. The van der Waals surface area contributed by atoms with Gasteiger partial charge in [-0.25, -0.2) is 0 Å². The third kappa shape index (κ3) is 4.16. The lowest BCUT2D eigenvalue weighted by Crippen LogP contribution is -2.42. The molecule has 1 aromatic rings. The normalized spacial score (nSPS) is 11.7. The number of amides is 1. The highest BCUT2D eigenvalue weighted by Gasteiger charge is 2.19. The third-order valence-corrected chi connectivity index (χ3v) is 2.28. The van der Waals surface area contributed by atoms with Crippen molar-refractivity contribution >= 4 is 5.91 Å². The highest BCUT2D eigenvalue weighted by Crippen LogP contribution is 2.09. The zero-order chi connectivity index (χ0) is 11.5. The summed E-state index contributed by atoms with van der Waals surface area (Å²) in [5, 5.41) is 3.31. The minimum Gasteiger partial charge on any atom is -0.370 e. The Morgan fingerprint density at radius 2 is 2.27 bits per heavy atom. The summed E-state index contributed by atoms with van der Waals surface area (Å²) in [7, 11) is 1.98. The molecule has 0 atom stereocenters. The predicted octanol–water partition coefficient (Wildman–Crippen LogP) is 0.769. The summed E-state index contributed by atoms with van der Waals surface area (Å²) < 4.78 is 2.00. The average molecular weight is 209 g/mol. The van der Waals surface area contributed by atoms with Crippen LogP contribution in [0.25, 0.3) is 0 Å². The molecule has 15 heavy (non-hydrogen) atoms. The van der Waals surface area contributed by atoms with E-state index in [1.54, 1.807) is 0 Å². The molecule has 3 N–H and O–H groups in total. The number of aryl methyl sites for hydroxylation is 1. The maximum absolute atomic E-state index is 10.8. The molecular weight excluding hydrogens is 190 g/mol. The van der Waals surface area contributed by atoms with Crippen molar-refractivity contribution in [1.82, 2.24) is 9.88 Å². The lowest BCUT2D eigenvalue weighted by Gasteiger charge is -2.24. The third-order valence-electron chi connectivity index (χ3n) is 2.28. The molecule has 0 fully saturated rings. The molecule has 0 saturated heterocycles. The minimum absolute atomic E-state index is 0.248. The summed E-state index contributed by atoms with van der Waals surface area (Å²) >= 11 is 0. The Morgan fingerprint density at radius 3 is 2.73 bits per heavy atom. The van der Waals surface area contributed by atoms with Gasteiger partial charge in [0, 0.05) is 37.9 Å². The molecule has 4 heteroatoms. The topological polar surface area (TPSA) is 60.1 Å². The molecule has 0 spiro atoms. The van der Waals surface area contributed by atoms with Crippen LogP contribution in [0, 0.1) is 0 Å². The number of aromatic nitrogens is 1. The first kappa shape index (κ1) is 11.8. The van der Waals surface area contributed by atoms with Crippen LogP contribution in [-0.4, -0.2) is 16.0 Å². The van der Waals surface area contributed by atoms with E-state index in [1.165, 1.54) is 5.56 Å². The Labute approximate surface area is 90.5 Å². The van der Waals surface area contributed by atoms with Crippen LogP contribution in [0.1, 0.15) is 25.8 Å². The molecule has 0 unspecified atom stereocenters. The van der Waals surface area contributed by atoms with Crippen LogP contribution < -0.4 is 11.1 Å². The first-order valence-corrected chi connectivity index (χ1v) is 5.03. The molecule has 0 aliphatic rings. The molecule has 0 aliphatic carbocycles. The second kappa shape index (κ2) is 4.49. The smallest absolute Gasteiger partial charge is 0.219 e. The van der Waals surface area contributed by atoms with Gasteiger partial charge in [-0.05, 0) is 25.5 Å². The minimum atomic E-state index is -0.277. The van der Waals surface area contributed by atoms with Crippen molar-refractivity contribution in [2.75, 3.05) is 0 Å². The fraction of sp³-hybridized carbons (Fsp3) is 0.545. The van der Waals surface area contributed by atoms with Crippen LogP contribution in [0.4, 0.5) is 0 Å². The molecule has 1 aromatic heterocycles. The zero-order valence-corrected chi connectivity index (χ0v) is 9.58. The monoisotopic (exact) mass is 209 g/mol. The molecule has 0 bridgehead atoms. The molecule has 1 heterocycles. The van der Waals surface area contributed by atoms with Gasteiger partial charge < -0.3 is 15.6 Å². The van der Waals surface area contributed by atoms with Crippen molar-refractivity contribution in [2.24, 2.45) is 12.8 Å². The van der Waals surface area contributed by atoms with Gasteiger partial charge in [0.1, 0.15) is 0 Å². The van der Waals surface area contributed by atoms with E-state index in [-0.39, 0.29) is 11.4 Å². The van der Waals surface area contributed by atoms with Crippen molar-refractivity contribution < 1.29 is 4.79 Å². The number of hydrogen-bond donors (Lipinski definition) is 2. The zero-order valence-electron chi connectivity index (χ0n) is 9.58. The molecule has 0 radical (unpaired) electrons. The molecule has 0 aromatic carbocycles. The highest BCUT2D eigenvalue weighted by atomic mass is 16.1. The van der Waals surface area contributed by atoms with Crippen LogP contribution >= 0.6 is 0 Å². The lowest BCUT2D eigenvalue weighted by molar-refractivity contribution is -0.119. The second-order valence-electron chi connectivity index (χ2n) is 4.57. The van der Waals surface area contributed by atoms with E-state index >= 15 is 0 Å². The molecule has 0 aliphatic heterocycles. The summed E-state index contributed by atoms with van der Waals surface area (Å²) in [5.41, 5.74) is 6.12. The molecule has 4 nitrogen and oxygen atoms in total. The molecule has 0 saturated carbocycles. The van der Waals surface area contributed by atoms with Crippen molar-refractivity contribution in [1.29, 1.82) is 0 Å². The van der Waals surface area contributed by atoms with Crippen molar-refractivity contribution in [3.05, 3.63) is 24.0 Å². The standard InChI is InChI=1S/C11H19N3O/c1-11(2,6-10(12)15)13-7-9-4-5-14(3)8-9/h4-5,8,13H,6-7H2,1-3H3,(H2,12,15). The van der Waals surface area contributed by atoms with E-state index in [9.17, 15) is 4.79 Å². The van der Waals surface area contributed by atoms with E-state index < -0.39 is 0 Å². The van der Waals surface area contributed by atoms with Gasteiger partial charge in [-0.2, -0.15) is 0 Å². The van der Waals surface area contributed by atoms with E-state index in [0.29, 0.717) is 6.42 Å². The SMILES string of the molecule is Cn1ccc(CNC(C)(C)CC(N)=O)c1. The van der Waals surface area contributed by atoms with Crippen LogP contribution in [0.3, 0.4) is 0 Å². The van der Waals surface area contributed by atoms with Gasteiger partial charge in [-0.1, -0.05) is 0 Å². The quantitative estimate of drug-likeness (QED) is 0.752. The Hall–Kier alpha value is -1.29. The van der Waals surface area contributed by atoms with Gasteiger partial charge >= 0.3 is 0 Å². The van der Waals surface area contributed by atoms with Crippen molar-refractivity contribution in [3.63, 3.8) is 0 Å². The maximum Gasteiger partial charge on any atom is 0.219 e. The fourth-order valence-corrected chi connectivity index (χ4v) is 1.50. The van der Waals surface area contributed by atoms with Gasteiger partial charge in [0.05, 0.1) is 0 Å². The summed E-state index contributed by atoms with van der Waals surface area (Å²) in [6, 6.07) is 2.05. The Morgan fingerprint density at radius 1 is 1.60 bits per heavy atom. The van der Waals surface area contributed by atoms with Gasteiger partial charge in [0.2, 0.25) is 5.91 Å². The fourth-order valence-electron chi connectivity index (χ4n) is 1.50. The van der Waals surface area contributed by atoms with Crippen molar-refractivity contribution in [3.8, 4) is 0 Å². The number of nitrogens with two attached hydrogens (primary N) is 1. The number of primary amides is 1. The van der Waals surface area contributed by atoms with Crippen LogP contribution in [0.2, 0.25) is 0 Å². The number of hydrogen-bond acceptors (Lipinski definition) is 2. The van der Waals surface area contributed by atoms with E-state index in [0.717, 1.165) is 6.54 Å². The van der Waals surface area contributed by atoms with Gasteiger partial charge in [0.15, 0.2) is 0 Å².